The Morgan fingerprint density at radius 1 is 1.42 bits per heavy atom. The number of benzene rings is 1. The van der Waals surface area contributed by atoms with E-state index >= 15 is 0 Å². The minimum Gasteiger partial charge on any atom is -0.494 e. The SMILES string of the molecule is CCOc1ccc2nc(NC(=O)[C@H]3C4C=CC(C4)[C@H]3CO)sc2c1. The Balaban J connectivity index is 1.53. The van der Waals surface area contributed by atoms with Gasteiger partial charge in [0.1, 0.15) is 5.75 Å². The number of carbonyl (C=O) groups is 1. The molecule has 1 aromatic heterocycles. The lowest BCUT2D eigenvalue weighted by atomic mass is 9.83. The molecule has 2 unspecified atom stereocenters. The molecule has 2 N–H and O–H groups in total. The highest BCUT2D eigenvalue weighted by molar-refractivity contribution is 7.22. The first-order valence-corrected chi connectivity index (χ1v) is 9.14. The van der Waals surface area contributed by atoms with Crippen LogP contribution in [0.25, 0.3) is 10.2 Å². The summed E-state index contributed by atoms with van der Waals surface area (Å²) in [5, 5.41) is 13.2. The van der Waals surface area contributed by atoms with Gasteiger partial charge in [-0.05, 0) is 43.4 Å². The average molecular weight is 344 g/mol. The summed E-state index contributed by atoms with van der Waals surface area (Å²) in [6.07, 6.45) is 5.23. The predicted octanol–water partition coefficient (Wildman–Crippen LogP) is 3.06. The highest BCUT2D eigenvalue weighted by Gasteiger charge is 2.47. The van der Waals surface area contributed by atoms with Crippen LogP contribution in [0.3, 0.4) is 0 Å². The van der Waals surface area contributed by atoms with Crippen molar-refractivity contribution >= 4 is 32.6 Å². The van der Waals surface area contributed by atoms with E-state index in [1.54, 1.807) is 0 Å². The largest absolute Gasteiger partial charge is 0.494 e. The minimum absolute atomic E-state index is 0.0268. The Bertz CT molecular complexity index is 801. The summed E-state index contributed by atoms with van der Waals surface area (Å²) in [5.74, 6) is 1.22. The van der Waals surface area contributed by atoms with Gasteiger partial charge >= 0.3 is 0 Å². The van der Waals surface area contributed by atoms with Gasteiger partial charge in [0.2, 0.25) is 5.91 Å². The number of nitrogens with one attached hydrogen (secondary N) is 1. The van der Waals surface area contributed by atoms with Crippen molar-refractivity contribution in [3.05, 3.63) is 30.4 Å². The van der Waals surface area contributed by atoms with E-state index in [1.165, 1.54) is 11.3 Å². The molecule has 1 saturated carbocycles. The molecule has 126 valence electrons. The van der Waals surface area contributed by atoms with Crippen LogP contribution < -0.4 is 10.1 Å². The van der Waals surface area contributed by atoms with Gasteiger partial charge in [-0.25, -0.2) is 4.98 Å². The molecule has 0 radical (unpaired) electrons. The van der Waals surface area contributed by atoms with Crippen LogP contribution in [0.2, 0.25) is 0 Å². The van der Waals surface area contributed by atoms with Crippen molar-refractivity contribution in [3.8, 4) is 5.75 Å². The maximum Gasteiger partial charge on any atom is 0.230 e. The molecule has 2 aromatic rings. The molecule has 4 atom stereocenters. The fourth-order valence-corrected chi connectivity index (χ4v) is 4.86. The molecule has 0 saturated heterocycles. The highest BCUT2D eigenvalue weighted by atomic mass is 32.1. The van der Waals surface area contributed by atoms with Gasteiger partial charge in [-0.1, -0.05) is 23.5 Å². The lowest BCUT2D eigenvalue weighted by Gasteiger charge is -2.24. The molecule has 6 heteroatoms. The van der Waals surface area contributed by atoms with E-state index < -0.39 is 0 Å². The molecule has 1 heterocycles. The van der Waals surface area contributed by atoms with Crippen molar-refractivity contribution in [1.29, 1.82) is 0 Å². The molecule has 2 aliphatic carbocycles. The Labute approximate surface area is 144 Å². The highest BCUT2D eigenvalue weighted by Crippen LogP contribution is 2.48. The quantitative estimate of drug-likeness (QED) is 0.818. The van der Waals surface area contributed by atoms with E-state index in [-0.39, 0.29) is 30.3 Å². The first kappa shape index (κ1) is 15.6. The molecule has 0 spiro atoms. The number of amides is 1. The first-order valence-electron chi connectivity index (χ1n) is 8.33. The smallest absolute Gasteiger partial charge is 0.230 e. The summed E-state index contributed by atoms with van der Waals surface area (Å²) in [5.41, 5.74) is 0.852. The topological polar surface area (TPSA) is 71.5 Å². The monoisotopic (exact) mass is 344 g/mol. The van der Waals surface area contributed by atoms with Crippen molar-refractivity contribution < 1.29 is 14.6 Å². The summed E-state index contributed by atoms with van der Waals surface area (Å²) in [6.45, 7) is 2.62. The molecular weight excluding hydrogens is 324 g/mol. The second-order valence-electron chi connectivity index (χ2n) is 6.39. The number of fused-ring (bicyclic) bond motifs is 3. The molecule has 2 bridgehead atoms. The molecular formula is C18H20N2O3S. The lowest BCUT2D eigenvalue weighted by molar-refractivity contribution is -0.122. The maximum absolute atomic E-state index is 12.7. The second-order valence-corrected chi connectivity index (χ2v) is 7.42. The zero-order valence-corrected chi connectivity index (χ0v) is 14.3. The number of hydrogen-bond acceptors (Lipinski definition) is 5. The Kier molecular flexibility index (Phi) is 4.02. The number of ether oxygens (including phenoxy) is 1. The molecule has 0 aliphatic heterocycles. The number of carbonyl (C=O) groups excluding carboxylic acids is 1. The van der Waals surface area contributed by atoms with Gasteiger partial charge in [-0.2, -0.15) is 0 Å². The van der Waals surface area contributed by atoms with Crippen molar-refractivity contribution in [1.82, 2.24) is 4.98 Å². The van der Waals surface area contributed by atoms with Crippen LogP contribution in [0, 0.1) is 23.7 Å². The van der Waals surface area contributed by atoms with E-state index in [1.807, 2.05) is 25.1 Å². The van der Waals surface area contributed by atoms with Gasteiger partial charge in [0.25, 0.3) is 0 Å². The standard InChI is InChI=1S/C18H20N2O3S/c1-2-23-12-5-6-14-15(8-12)24-18(19-14)20-17(22)16-11-4-3-10(7-11)13(16)9-21/h3-6,8,10-11,13,16,21H,2,7,9H2,1H3,(H,19,20,22)/t10?,11?,13-,16+/m1/s1. The fraction of sp³-hybridized carbons (Fsp3) is 0.444. The number of allylic oxidation sites excluding steroid dienone is 2. The van der Waals surface area contributed by atoms with Gasteiger partial charge in [0, 0.05) is 12.5 Å². The zero-order chi connectivity index (χ0) is 16.7. The number of aliphatic hydroxyl groups excluding tert-OH is 1. The number of thiazole rings is 1. The number of aromatic nitrogens is 1. The third-order valence-electron chi connectivity index (χ3n) is 5.04. The van der Waals surface area contributed by atoms with Gasteiger partial charge in [0.15, 0.2) is 5.13 Å². The minimum atomic E-state index is -0.156. The van der Waals surface area contributed by atoms with Gasteiger partial charge in [-0.3, -0.25) is 4.79 Å². The summed E-state index contributed by atoms with van der Waals surface area (Å²) in [7, 11) is 0. The van der Waals surface area contributed by atoms with Crippen molar-refractivity contribution in [3.63, 3.8) is 0 Å². The van der Waals surface area contributed by atoms with Crippen LogP contribution in [0.5, 0.6) is 5.75 Å². The summed E-state index contributed by atoms with van der Waals surface area (Å²) >= 11 is 1.45. The Hall–Kier alpha value is -1.92. The summed E-state index contributed by atoms with van der Waals surface area (Å²) in [6, 6.07) is 5.74. The normalized spacial score (nSPS) is 27.8. The molecule has 1 amide bonds. The number of nitrogens with zero attached hydrogens (tertiary/aromatic N) is 1. The van der Waals surface area contributed by atoms with Gasteiger partial charge in [-0.15, -0.1) is 0 Å². The van der Waals surface area contributed by atoms with Crippen molar-refractivity contribution in [2.75, 3.05) is 18.5 Å². The fourth-order valence-electron chi connectivity index (χ4n) is 3.97. The number of rotatable bonds is 5. The first-order chi connectivity index (χ1) is 11.7. The number of anilines is 1. The van der Waals surface area contributed by atoms with Crippen LogP contribution in [-0.2, 0) is 4.79 Å². The molecule has 5 nitrogen and oxygen atoms in total. The van der Waals surface area contributed by atoms with Crippen LogP contribution in [0.4, 0.5) is 5.13 Å². The van der Waals surface area contributed by atoms with Crippen LogP contribution >= 0.6 is 11.3 Å². The predicted molar refractivity (Wildman–Crippen MR) is 94.2 cm³/mol. The number of aliphatic hydroxyl groups is 1. The van der Waals surface area contributed by atoms with E-state index in [9.17, 15) is 9.90 Å². The van der Waals surface area contributed by atoms with Gasteiger partial charge in [0.05, 0.1) is 22.7 Å². The van der Waals surface area contributed by atoms with E-state index in [2.05, 4.69) is 22.5 Å². The van der Waals surface area contributed by atoms with E-state index in [4.69, 9.17) is 4.74 Å². The van der Waals surface area contributed by atoms with Crippen LogP contribution in [0.1, 0.15) is 13.3 Å². The van der Waals surface area contributed by atoms with E-state index in [0.29, 0.717) is 17.7 Å². The summed E-state index contributed by atoms with van der Waals surface area (Å²) < 4.78 is 6.49. The Morgan fingerprint density at radius 2 is 2.25 bits per heavy atom. The molecule has 1 fully saturated rings. The molecule has 2 aliphatic rings. The van der Waals surface area contributed by atoms with Gasteiger partial charge < -0.3 is 15.2 Å². The van der Waals surface area contributed by atoms with Crippen molar-refractivity contribution in [2.45, 2.75) is 13.3 Å². The average Bonchev–Trinajstić information content (AvgIpc) is 3.27. The van der Waals surface area contributed by atoms with Crippen LogP contribution in [0.15, 0.2) is 30.4 Å². The number of hydrogen-bond donors (Lipinski definition) is 2. The maximum atomic E-state index is 12.7. The molecule has 4 rings (SSSR count). The molecule has 1 aromatic carbocycles. The zero-order valence-electron chi connectivity index (χ0n) is 13.4. The third-order valence-corrected chi connectivity index (χ3v) is 5.97. The Morgan fingerprint density at radius 3 is 3.04 bits per heavy atom. The van der Waals surface area contributed by atoms with Crippen molar-refractivity contribution in [2.24, 2.45) is 23.7 Å². The summed E-state index contributed by atoms with van der Waals surface area (Å²) in [4.78, 5) is 17.2. The van der Waals surface area contributed by atoms with E-state index in [0.717, 1.165) is 22.4 Å². The van der Waals surface area contributed by atoms with Crippen LogP contribution in [-0.4, -0.2) is 29.2 Å². The second kappa shape index (κ2) is 6.18. The third kappa shape index (κ3) is 2.59. The lowest BCUT2D eigenvalue weighted by Crippen LogP contribution is -2.34. The molecule has 24 heavy (non-hydrogen) atoms.